The van der Waals surface area contributed by atoms with Crippen molar-refractivity contribution >= 4 is 17.3 Å². The van der Waals surface area contributed by atoms with Crippen molar-refractivity contribution in [2.75, 3.05) is 32.0 Å². The average Bonchev–Trinajstić information content (AvgIpc) is 2.65. The van der Waals surface area contributed by atoms with Crippen LogP contribution in [0.2, 0.25) is 0 Å². The van der Waals surface area contributed by atoms with Crippen molar-refractivity contribution in [3.8, 4) is 0 Å². The summed E-state index contributed by atoms with van der Waals surface area (Å²) in [6.45, 7) is 1.95. The Balaban J connectivity index is 1.65. The van der Waals surface area contributed by atoms with Crippen molar-refractivity contribution in [3.63, 3.8) is 0 Å². The zero-order valence-corrected chi connectivity index (χ0v) is 14.5. The molecule has 0 radical (unpaired) electrons. The summed E-state index contributed by atoms with van der Waals surface area (Å²) in [5, 5.41) is 20.2. The van der Waals surface area contributed by atoms with Gasteiger partial charge in [0.2, 0.25) is 0 Å². The molecule has 3 N–H and O–H groups in total. The summed E-state index contributed by atoms with van der Waals surface area (Å²) < 4.78 is 12.9. The zero-order chi connectivity index (χ0) is 18.8. The third kappa shape index (κ3) is 6.39. The first-order valence-electron chi connectivity index (χ1n) is 8.26. The summed E-state index contributed by atoms with van der Waals surface area (Å²) >= 11 is 0. The first-order chi connectivity index (χ1) is 12.6. The lowest BCUT2D eigenvalue weighted by molar-refractivity contribution is -0.384. The Labute approximate surface area is 151 Å². The lowest BCUT2D eigenvalue weighted by Gasteiger charge is -2.12. The molecule has 0 saturated heterocycles. The van der Waals surface area contributed by atoms with Crippen LogP contribution in [0, 0.1) is 15.9 Å². The van der Waals surface area contributed by atoms with Gasteiger partial charge in [0.25, 0.3) is 5.69 Å². The van der Waals surface area contributed by atoms with E-state index < -0.39 is 4.92 Å². The van der Waals surface area contributed by atoms with E-state index in [1.165, 1.54) is 24.3 Å². The van der Waals surface area contributed by atoms with Gasteiger partial charge in [-0.25, -0.2) is 4.39 Å². The molecule has 26 heavy (non-hydrogen) atoms. The molecule has 138 valence electrons. The lowest BCUT2D eigenvalue weighted by Crippen LogP contribution is -2.40. The predicted molar refractivity (Wildman–Crippen MR) is 101 cm³/mol. The van der Waals surface area contributed by atoms with E-state index >= 15 is 0 Å². The van der Waals surface area contributed by atoms with Crippen LogP contribution in [0.25, 0.3) is 0 Å². The second-order valence-corrected chi connectivity index (χ2v) is 5.53. The molecule has 0 heterocycles. The van der Waals surface area contributed by atoms with Crippen LogP contribution >= 0.6 is 0 Å². The number of nitro benzene ring substituents is 1. The summed E-state index contributed by atoms with van der Waals surface area (Å²) in [6.07, 6.45) is 0.766. The Hall–Kier alpha value is -3.16. The number of nitrogens with zero attached hydrogens (tertiary/aromatic N) is 2. The number of aliphatic imine (C=N–C) groups is 1. The van der Waals surface area contributed by atoms with Crippen LogP contribution in [-0.2, 0) is 6.42 Å². The fourth-order valence-corrected chi connectivity index (χ4v) is 2.29. The normalized spacial score (nSPS) is 11.1. The molecule has 0 aromatic heterocycles. The van der Waals surface area contributed by atoms with E-state index in [2.05, 4.69) is 20.9 Å². The number of guanidine groups is 1. The van der Waals surface area contributed by atoms with E-state index in [-0.39, 0.29) is 11.5 Å². The first-order valence-corrected chi connectivity index (χ1v) is 8.26. The summed E-state index contributed by atoms with van der Waals surface area (Å²) in [5.41, 5.74) is 1.94. The molecule has 8 heteroatoms. The van der Waals surface area contributed by atoms with Gasteiger partial charge < -0.3 is 16.0 Å². The highest BCUT2D eigenvalue weighted by molar-refractivity contribution is 5.79. The van der Waals surface area contributed by atoms with Crippen LogP contribution in [0.4, 0.5) is 15.8 Å². The number of halogens is 1. The fraction of sp³-hybridized carbons (Fsp3) is 0.278. The van der Waals surface area contributed by atoms with E-state index in [9.17, 15) is 14.5 Å². The minimum atomic E-state index is -0.424. The number of non-ortho nitro benzene ring substituents is 1. The second-order valence-electron chi connectivity index (χ2n) is 5.53. The maximum atomic E-state index is 12.9. The van der Waals surface area contributed by atoms with Gasteiger partial charge in [-0.05, 0) is 36.2 Å². The number of benzene rings is 2. The molecule has 0 atom stereocenters. The lowest BCUT2D eigenvalue weighted by atomic mass is 10.1. The first kappa shape index (κ1) is 19.2. The van der Waals surface area contributed by atoms with Gasteiger partial charge in [-0.15, -0.1) is 0 Å². The molecule has 2 aromatic carbocycles. The maximum Gasteiger partial charge on any atom is 0.269 e. The Morgan fingerprint density at radius 2 is 1.69 bits per heavy atom. The Morgan fingerprint density at radius 3 is 2.31 bits per heavy atom. The molecule has 0 unspecified atom stereocenters. The molecule has 0 bridgehead atoms. The van der Waals surface area contributed by atoms with Crippen LogP contribution < -0.4 is 16.0 Å². The minimum absolute atomic E-state index is 0.0689. The molecule has 0 fully saturated rings. The van der Waals surface area contributed by atoms with Gasteiger partial charge in [0.1, 0.15) is 5.82 Å². The number of nitro groups is 1. The zero-order valence-electron chi connectivity index (χ0n) is 14.5. The van der Waals surface area contributed by atoms with Crippen molar-refractivity contribution < 1.29 is 9.31 Å². The minimum Gasteiger partial charge on any atom is -0.383 e. The van der Waals surface area contributed by atoms with E-state index in [1.807, 2.05) is 0 Å². The molecule has 0 aliphatic carbocycles. The van der Waals surface area contributed by atoms with Crippen molar-refractivity contribution in [1.82, 2.24) is 10.6 Å². The van der Waals surface area contributed by atoms with Gasteiger partial charge in [-0.2, -0.15) is 0 Å². The molecule has 0 saturated carbocycles. The summed E-state index contributed by atoms with van der Waals surface area (Å²) in [7, 11) is 1.69. The van der Waals surface area contributed by atoms with Gasteiger partial charge in [0.15, 0.2) is 5.96 Å². The SMILES string of the molecule is CN=C(NCCNc1ccc([N+](=O)[O-])cc1)NCCc1ccc(F)cc1. The van der Waals surface area contributed by atoms with Gasteiger partial charge in [-0.3, -0.25) is 15.1 Å². The molecule has 7 nitrogen and oxygen atoms in total. The predicted octanol–water partition coefficient (Wildman–Crippen LogP) is 2.55. The second kappa shape index (κ2) is 9.97. The Kier molecular flexibility index (Phi) is 7.35. The van der Waals surface area contributed by atoms with Crippen LogP contribution in [0.5, 0.6) is 0 Å². The van der Waals surface area contributed by atoms with Gasteiger partial charge in [-0.1, -0.05) is 12.1 Å². The average molecular weight is 359 g/mol. The van der Waals surface area contributed by atoms with Crippen molar-refractivity contribution in [1.29, 1.82) is 0 Å². The van der Waals surface area contributed by atoms with Crippen molar-refractivity contribution in [3.05, 3.63) is 70.0 Å². The molecule has 0 spiro atoms. The maximum absolute atomic E-state index is 12.9. The summed E-state index contributed by atoms with van der Waals surface area (Å²) in [6, 6.07) is 12.7. The highest BCUT2D eigenvalue weighted by Gasteiger charge is 2.03. The largest absolute Gasteiger partial charge is 0.383 e. The Bertz CT molecular complexity index is 732. The monoisotopic (exact) mass is 359 g/mol. The molecule has 2 aromatic rings. The molecular formula is C18H22FN5O2. The number of hydrogen-bond acceptors (Lipinski definition) is 4. The quantitative estimate of drug-likeness (QED) is 0.221. The number of hydrogen-bond donors (Lipinski definition) is 3. The van der Waals surface area contributed by atoms with Gasteiger partial charge in [0, 0.05) is 44.5 Å². The number of anilines is 1. The molecule has 0 amide bonds. The van der Waals surface area contributed by atoms with Crippen LogP contribution in [0.3, 0.4) is 0 Å². The number of nitrogens with one attached hydrogen (secondary N) is 3. The van der Waals surface area contributed by atoms with E-state index in [1.54, 1.807) is 31.3 Å². The van der Waals surface area contributed by atoms with Gasteiger partial charge in [0.05, 0.1) is 4.92 Å². The standard InChI is InChI=1S/C18H22FN5O2/c1-20-18(22-11-10-14-2-4-15(19)5-3-14)23-13-12-21-16-6-8-17(9-7-16)24(25)26/h2-9,21H,10-13H2,1H3,(H2,20,22,23). The third-order valence-electron chi connectivity index (χ3n) is 3.67. The van der Waals surface area contributed by atoms with Crippen molar-refractivity contribution in [2.45, 2.75) is 6.42 Å². The van der Waals surface area contributed by atoms with E-state index in [4.69, 9.17) is 0 Å². The third-order valence-corrected chi connectivity index (χ3v) is 3.67. The topological polar surface area (TPSA) is 91.6 Å². The Morgan fingerprint density at radius 1 is 1.04 bits per heavy atom. The van der Waals surface area contributed by atoms with E-state index in [0.717, 1.165) is 17.7 Å². The highest BCUT2D eigenvalue weighted by Crippen LogP contribution is 2.14. The molecule has 0 aliphatic heterocycles. The molecule has 0 aliphatic rings. The number of rotatable bonds is 8. The van der Waals surface area contributed by atoms with Crippen LogP contribution in [-0.4, -0.2) is 37.6 Å². The van der Waals surface area contributed by atoms with E-state index in [0.29, 0.717) is 25.6 Å². The molecular weight excluding hydrogens is 337 g/mol. The highest BCUT2D eigenvalue weighted by atomic mass is 19.1. The van der Waals surface area contributed by atoms with Gasteiger partial charge >= 0.3 is 0 Å². The molecule has 2 rings (SSSR count). The summed E-state index contributed by atoms with van der Waals surface area (Å²) in [5.74, 6) is 0.442. The van der Waals surface area contributed by atoms with Crippen LogP contribution in [0.1, 0.15) is 5.56 Å². The fourth-order valence-electron chi connectivity index (χ4n) is 2.29. The van der Waals surface area contributed by atoms with Crippen molar-refractivity contribution in [2.24, 2.45) is 4.99 Å². The van der Waals surface area contributed by atoms with Crippen LogP contribution in [0.15, 0.2) is 53.5 Å². The summed E-state index contributed by atoms with van der Waals surface area (Å²) in [4.78, 5) is 14.3. The smallest absolute Gasteiger partial charge is 0.269 e.